The average molecular weight is 383 g/mol. The molecule has 0 aliphatic rings. The molecular weight excluding hydrogens is 366 g/mol. The first-order valence-electron chi connectivity index (χ1n) is 8.68. The molecule has 4 N–H and O–H groups in total. The average Bonchev–Trinajstić information content (AvgIpc) is 2.72. The quantitative estimate of drug-likeness (QED) is 0.694. The Labute approximate surface area is 167 Å². The van der Waals surface area contributed by atoms with Gasteiger partial charge >= 0.3 is 0 Å². The molecule has 3 rings (SSSR count). The molecule has 0 radical (unpaired) electrons. The summed E-state index contributed by atoms with van der Waals surface area (Å²) in [6, 6.07) is 18.2. The highest BCUT2D eigenvalue weighted by molar-refractivity contribution is 5.94. The zero-order chi connectivity index (χ0) is 21.0. The van der Waals surface area contributed by atoms with Gasteiger partial charge in [0, 0.05) is 11.1 Å². The van der Waals surface area contributed by atoms with Crippen LogP contribution >= 0.6 is 0 Å². The van der Waals surface area contributed by atoms with Gasteiger partial charge in [-0.3, -0.25) is 4.79 Å². The monoisotopic (exact) mass is 383 g/mol. The number of nitriles is 2. The summed E-state index contributed by atoms with van der Waals surface area (Å²) in [7, 11) is 0. The van der Waals surface area contributed by atoms with E-state index < -0.39 is 5.91 Å². The van der Waals surface area contributed by atoms with Crippen molar-refractivity contribution in [3.05, 3.63) is 76.3 Å². The van der Waals surface area contributed by atoms with E-state index in [4.69, 9.17) is 16.2 Å². The molecular formula is C22H17N5O2. The summed E-state index contributed by atoms with van der Waals surface area (Å²) in [6.07, 6.45) is 0. The largest absolute Gasteiger partial charge is 0.472 e. The number of benzene rings is 2. The van der Waals surface area contributed by atoms with Crippen LogP contribution in [0.1, 0.15) is 32.6 Å². The summed E-state index contributed by atoms with van der Waals surface area (Å²) >= 11 is 0. The van der Waals surface area contributed by atoms with Gasteiger partial charge < -0.3 is 16.2 Å². The van der Waals surface area contributed by atoms with Gasteiger partial charge in [-0.15, -0.1) is 0 Å². The van der Waals surface area contributed by atoms with Crippen LogP contribution in [0.2, 0.25) is 0 Å². The maximum absolute atomic E-state index is 11.5. The topological polar surface area (TPSA) is 139 Å². The number of nitrogens with zero attached hydrogens (tertiary/aromatic N) is 3. The van der Waals surface area contributed by atoms with Crippen molar-refractivity contribution in [2.75, 3.05) is 5.73 Å². The number of hydrogen-bond acceptors (Lipinski definition) is 6. The number of nitrogen functional groups attached to an aromatic ring is 1. The number of primary amides is 1. The molecule has 1 aromatic heterocycles. The predicted octanol–water partition coefficient (Wildman–Crippen LogP) is 3.06. The zero-order valence-electron chi connectivity index (χ0n) is 15.6. The minimum Gasteiger partial charge on any atom is -0.472 e. The van der Waals surface area contributed by atoms with Crippen LogP contribution in [0.3, 0.4) is 0 Å². The van der Waals surface area contributed by atoms with Crippen LogP contribution in [0, 0.1) is 29.6 Å². The molecule has 0 bridgehead atoms. The van der Waals surface area contributed by atoms with Crippen LogP contribution in [-0.4, -0.2) is 10.9 Å². The van der Waals surface area contributed by atoms with Crippen LogP contribution in [0.25, 0.3) is 11.1 Å². The number of rotatable bonds is 5. The lowest BCUT2D eigenvalue weighted by Gasteiger charge is -2.15. The van der Waals surface area contributed by atoms with Crippen LogP contribution in [0.4, 0.5) is 5.82 Å². The Bertz CT molecular complexity index is 1170. The third kappa shape index (κ3) is 3.71. The van der Waals surface area contributed by atoms with Gasteiger partial charge in [0.25, 0.3) is 0 Å². The van der Waals surface area contributed by atoms with Gasteiger partial charge in [-0.2, -0.15) is 15.5 Å². The summed E-state index contributed by atoms with van der Waals surface area (Å²) in [5, 5.41) is 19.3. The van der Waals surface area contributed by atoms with Crippen LogP contribution in [0.5, 0.6) is 5.88 Å². The smallest absolute Gasteiger partial charge is 0.248 e. The van der Waals surface area contributed by atoms with Gasteiger partial charge in [0.2, 0.25) is 11.8 Å². The molecule has 1 amide bonds. The van der Waals surface area contributed by atoms with E-state index in [1.165, 1.54) is 0 Å². The molecule has 142 valence electrons. The number of carbonyl (C=O) groups is 1. The fourth-order valence-corrected chi connectivity index (χ4v) is 3.05. The predicted molar refractivity (Wildman–Crippen MR) is 108 cm³/mol. The number of ether oxygens (including phenoxy) is 1. The van der Waals surface area contributed by atoms with E-state index >= 15 is 0 Å². The SMILES string of the molecule is Cc1c(COc2nc(N)c(C#N)c(-c3ccccc3)c2C#N)cccc1C(N)=O. The second kappa shape index (κ2) is 8.12. The Balaban J connectivity index is 2.07. The maximum atomic E-state index is 11.5. The number of amides is 1. The van der Waals surface area contributed by atoms with Gasteiger partial charge in [0.15, 0.2) is 0 Å². The Morgan fingerprint density at radius 3 is 2.38 bits per heavy atom. The van der Waals surface area contributed by atoms with Crippen molar-refractivity contribution in [2.24, 2.45) is 5.73 Å². The minimum atomic E-state index is -0.533. The molecule has 7 heteroatoms. The lowest BCUT2D eigenvalue weighted by molar-refractivity contribution is 0.0999. The number of hydrogen-bond donors (Lipinski definition) is 2. The Morgan fingerprint density at radius 2 is 1.76 bits per heavy atom. The minimum absolute atomic E-state index is 0.0201. The lowest BCUT2D eigenvalue weighted by Crippen LogP contribution is -2.14. The van der Waals surface area contributed by atoms with Crippen molar-refractivity contribution in [2.45, 2.75) is 13.5 Å². The van der Waals surface area contributed by atoms with Gasteiger partial charge in [-0.25, -0.2) is 0 Å². The number of carbonyl (C=O) groups excluding carboxylic acids is 1. The first-order chi connectivity index (χ1) is 14.0. The molecule has 7 nitrogen and oxygen atoms in total. The molecule has 0 spiro atoms. The summed E-state index contributed by atoms with van der Waals surface area (Å²) in [5.74, 6) is -0.538. The highest BCUT2D eigenvalue weighted by Crippen LogP contribution is 2.35. The highest BCUT2D eigenvalue weighted by Gasteiger charge is 2.21. The summed E-state index contributed by atoms with van der Waals surface area (Å²) < 4.78 is 5.80. The van der Waals surface area contributed by atoms with Gasteiger partial charge in [0.05, 0.1) is 0 Å². The van der Waals surface area contributed by atoms with Crippen molar-refractivity contribution in [1.82, 2.24) is 4.98 Å². The summed E-state index contributed by atoms with van der Waals surface area (Å²) in [6.45, 7) is 1.81. The van der Waals surface area contributed by atoms with Gasteiger partial charge in [-0.05, 0) is 29.7 Å². The van der Waals surface area contributed by atoms with E-state index in [1.807, 2.05) is 12.1 Å². The number of nitrogens with two attached hydrogens (primary N) is 2. The van der Waals surface area contributed by atoms with Crippen molar-refractivity contribution in [3.8, 4) is 29.1 Å². The highest BCUT2D eigenvalue weighted by atomic mass is 16.5. The fourth-order valence-electron chi connectivity index (χ4n) is 3.05. The zero-order valence-corrected chi connectivity index (χ0v) is 15.6. The molecule has 2 aromatic carbocycles. The third-order valence-electron chi connectivity index (χ3n) is 4.55. The molecule has 0 saturated heterocycles. The molecule has 29 heavy (non-hydrogen) atoms. The van der Waals surface area contributed by atoms with E-state index in [1.54, 1.807) is 49.4 Å². The van der Waals surface area contributed by atoms with Gasteiger partial charge in [0.1, 0.15) is 35.7 Å². The van der Waals surface area contributed by atoms with Gasteiger partial charge in [-0.1, -0.05) is 42.5 Å². The van der Waals surface area contributed by atoms with Crippen molar-refractivity contribution in [1.29, 1.82) is 10.5 Å². The Hall–Kier alpha value is -4.36. The Morgan fingerprint density at radius 1 is 1.07 bits per heavy atom. The molecule has 0 aliphatic heterocycles. The number of aromatic nitrogens is 1. The standard InChI is InChI=1S/C22H17N5O2/c1-13-15(8-5-9-16(13)21(26)28)12-29-22-18(11-24)19(14-6-3-2-4-7-14)17(10-23)20(25)27-22/h2-9H,12H2,1H3,(H2,25,27)(H2,26,28). The molecule has 0 atom stereocenters. The molecule has 0 fully saturated rings. The van der Waals surface area contributed by atoms with E-state index in [0.29, 0.717) is 22.3 Å². The first-order valence-corrected chi connectivity index (χ1v) is 8.68. The maximum Gasteiger partial charge on any atom is 0.248 e. The Kier molecular flexibility index (Phi) is 5.43. The van der Waals surface area contributed by atoms with E-state index in [9.17, 15) is 15.3 Å². The van der Waals surface area contributed by atoms with Crippen LogP contribution in [0.15, 0.2) is 48.5 Å². The van der Waals surface area contributed by atoms with E-state index in [0.717, 1.165) is 5.56 Å². The molecule has 1 heterocycles. The second-order valence-corrected chi connectivity index (χ2v) is 6.26. The van der Waals surface area contributed by atoms with E-state index in [2.05, 4.69) is 11.1 Å². The van der Waals surface area contributed by atoms with Crippen molar-refractivity contribution >= 4 is 11.7 Å². The molecule has 0 saturated carbocycles. The normalized spacial score (nSPS) is 10.0. The fraction of sp³-hybridized carbons (Fsp3) is 0.0909. The molecule has 0 aliphatic carbocycles. The molecule has 0 unspecified atom stereocenters. The van der Waals surface area contributed by atoms with E-state index in [-0.39, 0.29) is 29.4 Å². The first kappa shape index (κ1) is 19.4. The number of anilines is 1. The number of pyridine rings is 1. The van der Waals surface area contributed by atoms with Crippen LogP contribution in [-0.2, 0) is 6.61 Å². The second-order valence-electron chi connectivity index (χ2n) is 6.26. The van der Waals surface area contributed by atoms with Crippen LogP contribution < -0.4 is 16.2 Å². The lowest BCUT2D eigenvalue weighted by atomic mass is 9.96. The third-order valence-corrected chi connectivity index (χ3v) is 4.55. The van der Waals surface area contributed by atoms with Crippen molar-refractivity contribution < 1.29 is 9.53 Å². The van der Waals surface area contributed by atoms with Crippen molar-refractivity contribution in [3.63, 3.8) is 0 Å². The summed E-state index contributed by atoms with van der Waals surface area (Å²) in [5.41, 5.74) is 14.4. The summed E-state index contributed by atoms with van der Waals surface area (Å²) in [4.78, 5) is 15.7. The molecule has 3 aromatic rings.